The van der Waals surface area contributed by atoms with Crippen LogP contribution in [0.3, 0.4) is 0 Å². The Morgan fingerprint density at radius 1 is 1.08 bits per heavy atom. The lowest BCUT2D eigenvalue weighted by Crippen LogP contribution is -2.24. The summed E-state index contributed by atoms with van der Waals surface area (Å²) in [6.07, 6.45) is 7.96. The van der Waals surface area contributed by atoms with Gasteiger partial charge < -0.3 is 20.1 Å². The molecule has 0 radical (unpaired) electrons. The molecule has 3 aliphatic rings. The van der Waals surface area contributed by atoms with Crippen LogP contribution in [0.25, 0.3) is 11.3 Å². The third kappa shape index (κ3) is 6.25. The predicted molar refractivity (Wildman–Crippen MR) is 143 cm³/mol. The third-order valence-electron chi connectivity index (χ3n) is 6.91. The van der Waals surface area contributed by atoms with Crippen LogP contribution in [-0.2, 0) is 11.3 Å². The van der Waals surface area contributed by atoms with Gasteiger partial charge in [-0.3, -0.25) is 14.9 Å². The lowest BCUT2D eigenvalue weighted by Gasteiger charge is -2.16. The zero-order valence-corrected chi connectivity index (χ0v) is 21.2. The number of nitrogens with one attached hydrogen (secondary N) is 2. The monoisotopic (exact) mass is 517 g/mol. The molecule has 2 N–H and O–H groups in total. The zero-order chi connectivity index (χ0) is 26.3. The van der Waals surface area contributed by atoms with Crippen LogP contribution < -0.4 is 15.4 Å². The molecule has 1 fully saturated rings. The molecule has 38 heavy (non-hydrogen) atoms. The Hall–Kier alpha value is -4.05. The van der Waals surface area contributed by atoms with Crippen molar-refractivity contribution in [1.82, 2.24) is 15.3 Å². The van der Waals surface area contributed by atoms with Gasteiger partial charge in [-0.1, -0.05) is 12.8 Å². The van der Waals surface area contributed by atoms with Crippen molar-refractivity contribution >= 4 is 23.2 Å². The number of nitrogens with zero attached hydrogens (tertiary/aromatic N) is 3. The summed E-state index contributed by atoms with van der Waals surface area (Å²) >= 11 is 0. The minimum atomic E-state index is -0.502. The molecular weight excluding hydrogens is 486 g/mol. The normalized spacial score (nSPS) is 16.6. The molecule has 1 saturated carbocycles. The van der Waals surface area contributed by atoms with Gasteiger partial charge in [-0.05, 0) is 68.0 Å². The van der Waals surface area contributed by atoms with E-state index in [9.17, 15) is 14.9 Å². The number of amides is 1. The molecule has 0 spiro atoms. The summed E-state index contributed by atoms with van der Waals surface area (Å²) < 4.78 is 12.2. The number of hydrogen-bond donors (Lipinski definition) is 2. The van der Waals surface area contributed by atoms with Crippen LogP contribution >= 0.6 is 0 Å². The largest absolute Gasteiger partial charge is 0.493 e. The predicted octanol–water partition coefficient (Wildman–Crippen LogP) is 5.40. The maximum atomic E-state index is 12.6. The maximum Gasteiger partial charge on any atom is 0.279 e. The van der Waals surface area contributed by atoms with Crippen molar-refractivity contribution in [2.24, 2.45) is 5.92 Å². The number of hydrogen-bond acceptors (Lipinski definition) is 8. The Morgan fingerprint density at radius 2 is 1.95 bits per heavy atom. The molecule has 0 unspecified atom stereocenters. The summed E-state index contributed by atoms with van der Waals surface area (Å²) in [5.74, 6) is 1.32. The van der Waals surface area contributed by atoms with Crippen molar-refractivity contribution in [3.05, 3.63) is 69.9 Å². The number of rotatable bonds is 4. The molecule has 0 saturated heterocycles. The lowest BCUT2D eigenvalue weighted by molar-refractivity contribution is -0.384. The highest BCUT2D eigenvalue weighted by Gasteiger charge is 2.21. The number of anilines is 2. The van der Waals surface area contributed by atoms with Crippen molar-refractivity contribution in [2.75, 3.05) is 25.1 Å². The maximum absolute atomic E-state index is 12.6. The lowest BCUT2D eigenvalue weighted by atomic mass is 10.1. The van der Waals surface area contributed by atoms with Gasteiger partial charge in [-0.25, -0.2) is 9.97 Å². The van der Waals surface area contributed by atoms with Crippen molar-refractivity contribution in [3.8, 4) is 17.0 Å². The second-order valence-corrected chi connectivity index (χ2v) is 9.68. The molecule has 2 aliphatic heterocycles. The van der Waals surface area contributed by atoms with Crippen LogP contribution in [0.1, 0.15) is 54.4 Å². The summed E-state index contributed by atoms with van der Waals surface area (Å²) in [4.78, 5) is 32.8. The van der Waals surface area contributed by atoms with Crippen LogP contribution in [0.15, 0.2) is 48.7 Å². The van der Waals surface area contributed by atoms with E-state index in [1.807, 2.05) is 18.2 Å². The van der Waals surface area contributed by atoms with Gasteiger partial charge >= 0.3 is 0 Å². The molecule has 2 aromatic carbocycles. The van der Waals surface area contributed by atoms with Crippen molar-refractivity contribution in [1.29, 1.82) is 0 Å². The SMILES string of the molecule is O=C1NCCCCOCc2cc(ccc2OCC2CCCC2)Nc2nccc(n2)-c2ccc1cc2[N+](=O)[O-]. The van der Waals surface area contributed by atoms with Crippen LogP contribution in [0.5, 0.6) is 5.75 Å². The van der Waals surface area contributed by atoms with Crippen molar-refractivity contribution in [2.45, 2.75) is 45.1 Å². The third-order valence-corrected chi connectivity index (χ3v) is 6.91. The Morgan fingerprint density at radius 3 is 2.79 bits per heavy atom. The first-order valence-electron chi connectivity index (χ1n) is 13.1. The summed E-state index contributed by atoms with van der Waals surface area (Å²) in [5.41, 5.74) is 2.38. The molecule has 1 aromatic heterocycles. The van der Waals surface area contributed by atoms with Gasteiger partial charge in [0, 0.05) is 42.2 Å². The molecule has 198 valence electrons. The van der Waals surface area contributed by atoms with Crippen LogP contribution in [0, 0.1) is 16.0 Å². The van der Waals surface area contributed by atoms with E-state index in [4.69, 9.17) is 9.47 Å². The van der Waals surface area contributed by atoms with Gasteiger partial charge in [0.1, 0.15) is 5.75 Å². The smallest absolute Gasteiger partial charge is 0.279 e. The Bertz CT molecular complexity index is 1310. The molecule has 0 atom stereocenters. The molecule has 10 heteroatoms. The first kappa shape index (κ1) is 25.6. The molecule has 6 rings (SSSR count). The molecule has 10 nitrogen and oxygen atoms in total. The molecule has 1 aliphatic carbocycles. The highest BCUT2D eigenvalue weighted by atomic mass is 16.6. The number of nitro benzene ring substituents is 1. The number of aromatic nitrogens is 2. The molecule has 3 heterocycles. The molecule has 1 amide bonds. The number of nitro groups is 1. The fraction of sp³-hybridized carbons (Fsp3) is 0.393. The molecule has 6 bridgehead atoms. The van der Waals surface area contributed by atoms with Gasteiger partial charge in [0.2, 0.25) is 5.95 Å². The first-order chi connectivity index (χ1) is 18.6. The van der Waals surface area contributed by atoms with Gasteiger partial charge in [-0.15, -0.1) is 0 Å². The molecule has 3 aromatic rings. The van der Waals surface area contributed by atoms with E-state index in [0.29, 0.717) is 49.5 Å². The minimum absolute atomic E-state index is 0.195. The summed E-state index contributed by atoms with van der Waals surface area (Å²) in [6.45, 7) is 2.06. The number of benzene rings is 2. The van der Waals surface area contributed by atoms with E-state index in [-0.39, 0.29) is 17.2 Å². The van der Waals surface area contributed by atoms with Gasteiger partial charge in [-0.2, -0.15) is 0 Å². The molecular formula is C28H31N5O5. The standard InChI is InChI=1S/C28H31N5O5/c34-27-20-7-9-23(25(16-20)33(35)36)24-11-13-30-28(32-24)31-22-8-10-26(38-17-19-5-1-2-6-19)21(15-22)18-37-14-4-3-12-29-27/h7-11,13,15-16,19H,1-6,12,14,17-18H2,(H,29,34)(H,30,31,32). The second kappa shape index (κ2) is 12.0. The second-order valence-electron chi connectivity index (χ2n) is 9.68. The van der Waals surface area contributed by atoms with Crippen molar-refractivity contribution in [3.63, 3.8) is 0 Å². The van der Waals surface area contributed by atoms with E-state index in [1.165, 1.54) is 31.7 Å². The quantitative estimate of drug-likeness (QED) is 0.347. The topological polar surface area (TPSA) is 129 Å². The zero-order valence-electron chi connectivity index (χ0n) is 21.2. The summed E-state index contributed by atoms with van der Waals surface area (Å²) in [6, 6.07) is 11.8. The fourth-order valence-electron chi connectivity index (χ4n) is 4.85. The average molecular weight is 518 g/mol. The van der Waals surface area contributed by atoms with Crippen molar-refractivity contribution < 1.29 is 19.2 Å². The Labute approximate surface area is 220 Å². The summed E-state index contributed by atoms with van der Waals surface area (Å²) in [7, 11) is 0. The number of fused-ring (bicyclic) bond motifs is 9. The Balaban J connectivity index is 1.45. The number of carbonyl (C=O) groups excluding carboxylic acids is 1. The van der Waals surface area contributed by atoms with Gasteiger partial charge in [0.15, 0.2) is 0 Å². The van der Waals surface area contributed by atoms with Gasteiger partial charge in [0.25, 0.3) is 11.6 Å². The van der Waals surface area contributed by atoms with Gasteiger partial charge in [0.05, 0.1) is 29.4 Å². The number of carbonyl (C=O) groups is 1. The van der Waals surface area contributed by atoms with E-state index >= 15 is 0 Å². The highest BCUT2D eigenvalue weighted by molar-refractivity contribution is 5.96. The van der Waals surface area contributed by atoms with Crippen LogP contribution in [0.2, 0.25) is 0 Å². The summed E-state index contributed by atoms with van der Waals surface area (Å²) in [5, 5.41) is 17.9. The van der Waals surface area contributed by atoms with E-state index in [1.54, 1.807) is 24.4 Å². The average Bonchev–Trinajstić information content (AvgIpc) is 3.45. The van der Waals surface area contributed by atoms with E-state index < -0.39 is 4.92 Å². The number of ether oxygens (including phenoxy) is 2. The van der Waals surface area contributed by atoms with E-state index in [0.717, 1.165) is 29.8 Å². The highest BCUT2D eigenvalue weighted by Crippen LogP contribution is 2.32. The van der Waals surface area contributed by atoms with E-state index in [2.05, 4.69) is 20.6 Å². The Kier molecular flexibility index (Phi) is 8.08. The minimum Gasteiger partial charge on any atom is -0.493 e. The van der Waals surface area contributed by atoms with Crippen LogP contribution in [-0.4, -0.2) is 40.6 Å². The first-order valence-corrected chi connectivity index (χ1v) is 13.1. The van der Waals surface area contributed by atoms with Crippen LogP contribution in [0.4, 0.5) is 17.3 Å². The fourth-order valence-corrected chi connectivity index (χ4v) is 4.85.